The van der Waals surface area contributed by atoms with E-state index >= 15 is 0 Å². The summed E-state index contributed by atoms with van der Waals surface area (Å²) < 4.78 is 5.07. The van der Waals surface area contributed by atoms with E-state index in [1.54, 1.807) is 24.3 Å². The molecule has 7 heteroatoms. The summed E-state index contributed by atoms with van der Waals surface area (Å²) in [4.78, 5) is 34.9. The second-order valence-electron chi connectivity index (χ2n) is 7.07. The smallest absolute Gasteiger partial charge is 0.371 e. The first-order valence-corrected chi connectivity index (χ1v) is 8.14. The first kappa shape index (κ1) is 19.2. The number of aromatic carboxylic acids is 1. The first-order valence-electron chi connectivity index (χ1n) is 8.14. The van der Waals surface area contributed by atoms with Gasteiger partial charge in [0.15, 0.2) is 0 Å². The normalized spacial score (nSPS) is 11.0. The average molecular weight is 358 g/mol. The maximum absolute atomic E-state index is 12.1. The van der Waals surface area contributed by atoms with Crippen molar-refractivity contribution in [2.75, 3.05) is 6.54 Å². The number of nitrogens with one attached hydrogen (secondary N) is 2. The largest absolute Gasteiger partial charge is 0.475 e. The summed E-state index contributed by atoms with van der Waals surface area (Å²) in [5.41, 5.74) is 0.854. The van der Waals surface area contributed by atoms with E-state index in [0.29, 0.717) is 23.4 Å². The van der Waals surface area contributed by atoms with Gasteiger partial charge < -0.3 is 20.2 Å². The van der Waals surface area contributed by atoms with E-state index in [9.17, 15) is 14.4 Å². The van der Waals surface area contributed by atoms with Crippen molar-refractivity contribution >= 4 is 17.8 Å². The summed E-state index contributed by atoms with van der Waals surface area (Å²) in [5, 5.41) is 14.3. The SMILES string of the molecule is CC(C)(C)CNC(=O)c1ccc(C(=O)NCc2ccc(C(=O)O)o2)cc1. The van der Waals surface area contributed by atoms with Crippen LogP contribution in [0.15, 0.2) is 40.8 Å². The fourth-order valence-corrected chi connectivity index (χ4v) is 2.08. The lowest BCUT2D eigenvalue weighted by atomic mass is 9.97. The zero-order valence-corrected chi connectivity index (χ0v) is 15.0. The van der Waals surface area contributed by atoms with Crippen molar-refractivity contribution < 1.29 is 23.9 Å². The molecule has 1 aromatic carbocycles. The van der Waals surface area contributed by atoms with Crippen molar-refractivity contribution in [1.29, 1.82) is 0 Å². The highest BCUT2D eigenvalue weighted by Gasteiger charge is 2.14. The van der Waals surface area contributed by atoms with Crippen molar-refractivity contribution in [3.63, 3.8) is 0 Å². The Morgan fingerprint density at radius 2 is 1.46 bits per heavy atom. The molecule has 2 rings (SSSR count). The number of carboxylic acid groups (broad SMARTS) is 1. The van der Waals surface area contributed by atoms with Crippen LogP contribution in [0.25, 0.3) is 0 Å². The van der Waals surface area contributed by atoms with Crippen molar-refractivity contribution in [2.45, 2.75) is 27.3 Å². The molecule has 0 aliphatic rings. The molecular weight excluding hydrogens is 336 g/mol. The molecule has 0 atom stereocenters. The Labute approximate surface area is 151 Å². The summed E-state index contributed by atoms with van der Waals surface area (Å²) in [7, 11) is 0. The molecule has 0 spiro atoms. The van der Waals surface area contributed by atoms with E-state index in [1.165, 1.54) is 12.1 Å². The van der Waals surface area contributed by atoms with Crippen molar-refractivity contribution in [3.05, 3.63) is 59.0 Å². The Morgan fingerprint density at radius 3 is 1.92 bits per heavy atom. The number of benzene rings is 1. The van der Waals surface area contributed by atoms with Crippen LogP contribution in [0.4, 0.5) is 0 Å². The number of rotatable bonds is 6. The molecule has 26 heavy (non-hydrogen) atoms. The molecule has 1 aromatic heterocycles. The number of hydrogen-bond acceptors (Lipinski definition) is 4. The van der Waals surface area contributed by atoms with E-state index in [-0.39, 0.29) is 29.5 Å². The molecule has 7 nitrogen and oxygen atoms in total. The summed E-state index contributed by atoms with van der Waals surface area (Å²) in [6, 6.07) is 9.12. The molecule has 0 saturated carbocycles. The lowest BCUT2D eigenvalue weighted by Crippen LogP contribution is -2.32. The molecular formula is C19H22N2O5. The highest BCUT2D eigenvalue weighted by Crippen LogP contribution is 2.12. The minimum atomic E-state index is -1.16. The van der Waals surface area contributed by atoms with Crippen molar-refractivity contribution in [1.82, 2.24) is 10.6 Å². The molecule has 0 aliphatic carbocycles. The van der Waals surface area contributed by atoms with Crippen molar-refractivity contribution in [3.8, 4) is 0 Å². The van der Waals surface area contributed by atoms with E-state index < -0.39 is 5.97 Å². The van der Waals surface area contributed by atoms with Gasteiger partial charge in [0.1, 0.15) is 5.76 Å². The third-order valence-electron chi connectivity index (χ3n) is 3.48. The molecule has 0 bridgehead atoms. The van der Waals surface area contributed by atoms with Crippen LogP contribution in [0.1, 0.15) is 57.8 Å². The van der Waals surface area contributed by atoms with Gasteiger partial charge >= 0.3 is 5.97 Å². The highest BCUT2D eigenvalue weighted by molar-refractivity contribution is 5.97. The van der Waals surface area contributed by atoms with Crippen LogP contribution >= 0.6 is 0 Å². The standard InChI is InChI=1S/C19H22N2O5/c1-19(2,3)11-21-17(23)13-6-4-12(5-7-13)16(22)20-10-14-8-9-15(26-14)18(24)25/h4-9H,10-11H2,1-3H3,(H,20,22)(H,21,23)(H,24,25). The molecule has 2 aromatic rings. The van der Waals surface area contributed by atoms with Crippen LogP contribution in [0.3, 0.4) is 0 Å². The Bertz CT molecular complexity index is 800. The lowest BCUT2D eigenvalue weighted by molar-refractivity contribution is 0.0660. The van der Waals surface area contributed by atoms with Crippen LogP contribution < -0.4 is 10.6 Å². The molecule has 0 saturated heterocycles. The minimum Gasteiger partial charge on any atom is -0.475 e. The first-order chi connectivity index (χ1) is 12.2. The van der Waals surface area contributed by atoms with E-state index in [0.717, 1.165) is 0 Å². The molecule has 2 amide bonds. The molecule has 0 fully saturated rings. The summed E-state index contributed by atoms with van der Waals surface area (Å²) >= 11 is 0. The quantitative estimate of drug-likeness (QED) is 0.736. The lowest BCUT2D eigenvalue weighted by Gasteiger charge is -2.18. The van der Waals surface area contributed by atoms with Crippen LogP contribution in [0.5, 0.6) is 0 Å². The van der Waals surface area contributed by atoms with E-state index in [1.807, 2.05) is 20.8 Å². The maximum atomic E-state index is 12.1. The Kier molecular flexibility index (Phi) is 5.82. The van der Waals surface area contributed by atoms with Gasteiger partial charge in [0.2, 0.25) is 5.76 Å². The monoisotopic (exact) mass is 358 g/mol. The maximum Gasteiger partial charge on any atom is 0.371 e. The molecule has 1 heterocycles. The fourth-order valence-electron chi connectivity index (χ4n) is 2.08. The fraction of sp³-hybridized carbons (Fsp3) is 0.316. The summed E-state index contributed by atoms with van der Waals surface area (Å²) in [5.74, 6) is -1.54. The number of furan rings is 1. The van der Waals surface area contributed by atoms with Gasteiger partial charge in [0.25, 0.3) is 11.8 Å². The van der Waals surface area contributed by atoms with Gasteiger partial charge in [-0.2, -0.15) is 0 Å². The van der Waals surface area contributed by atoms with Gasteiger partial charge in [-0.3, -0.25) is 9.59 Å². The van der Waals surface area contributed by atoms with Crippen LogP contribution in [-0.4, -0.2) is 29.4 Å². The Balaban J connectivity index is 1.91. The summed E-state index contributed by atoms with van der Waals surface area (Å²) in [6.07, 6.45) is 0. The third-order valence-corrected chi connectivity index (χ3v) is 3.48. The van der Waals surface area contributed by atoms with Crippen molar-refractivity contribution in [2.24, 2.45) is 5.41 Å². The van der Waals surface area contributed by atoms with Crippen LogP contribution in [-0.2, 0) is 6.54 Å². The predicted molar refractivity (Wildman–Crippen MR) is 95.1 cm³/mol. The zero-order chi connectivity index (χ0) is 19.3. The molecule has 3 N–H and O–H groups in total. The van der Waals surface area contributed by atoms with E-state index in [4.69, 9.17) is 9.52 Å². The Morgan fingerprint density at radius 1 is 0.923 bits per heavy atom. The van der Waals surface area contributed by atoms with Gasteiger partial charge in [0, 0.05) is 17.7 Å². The van der Waals surface area contributed by atoms with Gasteiger partial charge in [0.05, 0.1) is 6.54 Å². The predicted octanol–water partition coefficient (Wildman–Crippen LogP) is 2.68. The number of carboxylic acids is 1. The van der Waals surface area contributed by atoms with Gasteiger partial charge in [-0.15, -0.1) is 0 Å². The number of carbonyl (C=O) groups excluding carboxylic acids is 2. The van der Waals surface area contributed by atoms with Gasteiger partial charge in [-0.1, -0.05) is 20.8 Å². The number of carbonyl (C=O) groups is 3. The highest BCUT2D eigenvalue weighted by atomic mass is 16.4. The second kappa shape index (κ2) is 7.86. The zero-order valence-electron chi connectivity index (χ0n) is 15.0. The molecule has 0 radical (unpaired) electrons. The summed E-state index contributed by atoms with van der Waals surface area (Å²) in [6.45, 7) is 6.70. The third kappa shape index (κ3) is 5.47. The Hall–Kier alpha value is -3.09. The average Bonchev–Trinajstić information content (AvgIpc) is 3.06. The van der Waals surface area contributed by atoms with Crippen LogP contribution in [0, 0.1) is 5.41 Å². The molecule has 0 unspecified atom stereocenters. The molecule has 0 aliphatic heterocycles. The minimum absolute atomic E-state index is 0.0121. The molecule has 138 valence electrons. The topological polar surface area (TPSA) is 109 Å². The van der Waals surface area contributed by atoms with Gasteiger partial charge in [-0.05, 0) is 41.8 Å². The van der Waals surface area contributed by atoms with Gasteiger partial charge in [-0.25, -0.2) is 4.79 Å². The number of hydrogen-bond donors (Lipinski definition) is 3. The van der Waals surface area contributed by atoms with Crippen LogP contribution in [0.2, 0.25) is 0 Å². The number of amides is 2. The van der Waals surface area contributed by atoms with E-state index in [2.05, 4.69) is 10.6 Å². The second-order valence-corrected chi connectivity index (χ2v) is 7.07.